The van der Waals surface area contributed by atoms with E-state index in [0.717, 1.165) is 42.0 Å². The fourth-order valence-corrected chi connectivity index (χ4v) is 5.05. The number of ketones is 1. The number of carbonyl (C=O) groups excluding carboxylic acids is 2. The first-order valence-electron chi connectivity index (χ1n) is 11.4. The number of hydrogen-bond donors (Lipinski definition) is 3. The molecule has 188 valence electrons. The van der Waals surface area contributed by atoms with E-state index < -0.39 is 23.1 Å². The summed E-state index contributed by atoms with van der Waals surface area (Å²) in [6, 6.07) is 8.72. The van der Waals surface area contributed by atoms with E-state index in [4.69, 9.17) is 5.73 Å². The molecule has 0 radical (unpaired) electrons. The highest BCUT2D eigenvalue weighted by atomic mass is 32.1. The molecule has 0 spiro atoms. The highest BCUT2D eigenvalue weighted by Gasteiger charge is 2.24. The highest BCUT2D eigenvalue weighted by molar-refractivity contribution is 7.20. The third-order valence-electron chi connectivity index (χ3n) is 5.83. The molecule has 1 amide bonds. The van der Waals surface area contributed by atoms with Crippen molar-refractivity contribution in [2.24, 2.45) is 10.7 Å². The Balaban J connectivity index is 1.61. The Morgan fingerprint density at radius 1 is 1.22 bits per heavy atom. The molecular weight excluding hydrogens is 486 g/mol. The average molecular weight is 513 g/mol. The molecule has 7 nitrogen and oxygen atoms in total. The van der Waals surface area contributed by atoms with E-state index in [9.17, 15) is 23.5 Å². The fourth-order valence-electron chi connectivity index (χ4n) is 3.93. The van der Waals surface area contributed by atoms with Crippen molar-refractivity contribution in [3.8, 4) is 10.4 Å². The molecule has 1 aromatic carbocycles. The second-order valence-electron chi connectivity index (χ2n) is 9.18. The third-order valence-corrected chi connectivity index (χ3v) is 6.90. The molecule has 0 atom stereocenters. The Morgan fingerprint density at radius 2 is 1.94 bits per heavy atom. The standard InChI is InChI=1S/C26H26F2N4O3S/c1-26(2,35)14-9-19(27)23(20(28)10-14)21-12-18(24(29)34)25(36-21)32-22-8-4-6-16(31-22)13-30-15-5-3-7-17(33)11-15/h4,6,8-10,12,35H,3,5,7,11,13H2,1-2H3,(H2,29,34)(H,31,32). The predicted octanol–water partition coefficient (Wildman–Crippen LogP) is 5.24. The van der Waals surface area contributed by atoms with E-state index in [2.05, 4.69) is 15.3 Å². The minimum absolute atomic E-state index is 0.0635. The zero-order chi connectivity index (χ0) is 26.0. The Labute approximate surface area is 211 Å². The molecule has 1 fully saturated rings. The van der Waals surface area contributed by atoms with Crippen molar-refractivity contribution >= 4 is 39.6 Å². The lowest BCUT2D eigenvalue weighted by atomic mass is 9.96. The van der Waals surface area contributed by atoms with Crippen LogP contribution in [0.3, 0.4) is 0 Å². The van der Waals surface area contributed by atoms with Crippen molar-refractivity contribution in [1.29, 1.82) is 0 Å². The van der Waals surface area contributed by atoms with Crippen molar-refractivity contribution in [1.82, 2.24) is 4.98 Å². The Hall–Kier alpha value is -3.50. The van der Waals surface area contributed by atoms with Gasteiger partial charge in [-0.1, -0.05) is 6.07 Å². The topological polar surface area (TPSA) is 118 Å². The van der Waals surface area contributed by atoms with Crippen LogP contribution < -0.4 is 11.1 Å². The van der Waals surface area contributed by atoms with Crippen molar-refractivity contribution in [2.75, 3.05) is 5.32 Å². The highest BCUT2D eigenvalue weighted by Crippen LogP contribution is 2.40. The molecule has 1 aliphatic rings. The molecule has 0 unspecified atom stereocenters. The summed E-state index contributed by atoms with van der Waals surface area (Å²) in [5.74, 6) is -1.90. The monoisotopic (exact) mass is 512 g/mol. The molecule has 2 aromatic heterocycles. The summed E-state index contributed by atoms with van der Waals surface area (Å²) < 4.78 is 29.8. The van der Waals surface area contributed by atoms with Gasteiger partial charge in [0.15, 0.2) is 0 Å². The van der Waals surface area contributed by atoms with Gasteiger partial charge in [-0.25, -0.2) is 13.8 Å². The molecule has 36 heavy (non-hydrogen) atoms. The van der Waals surface area contributed by atoms with Gasteiger partial charge in [-0.2, -0.15) is 0 Å². The van der Waals surface area contributed by atoms with Crippen LogP contribution in [0.15, 0.2) is 41.4 Å². The lowest BCUT2D eigenvalue weighted by molar-refractivity contribution is -0.118. The van der Waals surface area contributed by atoms with Crippen LogP contribution in [-0.4, -0.2) is 27.5 Å². The van der Waals surface area contributed by atoms with Gasteiger partial charge in [0.05, 0.1) is 29.0 Å². The summed E-state index contributed by atoms with van der Waals surface area (Å²) in [6.07, 6.45) is 2.58. The van der Waals surface area contributed by atoms with Crippen molar-refractivity contribution in [2.45, 2.75) is 51.7 Å². The van der Waals surface area contributed by atoms with Crippen LogP contribution in [0.2, 0.25) is 0 Å². The van der Waals surface area contributed by atoms with Crippen LogP contribution in [0.4, 0.5) is 19.6 Å². The molecule has 0 bridgehead atoms. The number of aliphatic hydroxyl groups is 1. The maximum Gasteiger partial charge on any atom is 0.251 e. The van der Waals surface area contributed by atoms with Crippen molar-refractivity contribution in [3.63, 3.8) is 0 Å². The number of pyridine rings is 1. The molecule has 4 N–H and O–H groups in total. The van der Waals surface area contributed by atoms with Crippen LogP contribution in [0.1, 0.15) is 61.1 Å². The largest absolute Gasteiger partial charge is 0.386 e. The van der Waals surface area contributed by atoms with Crippen LogP contribution in [0, 0.1) is 11.6 Å². The van der Waals surface area contributed by atoms with Crippen LogP contribution >= 0.6 is 11.3 Å². The first-order valence-corrected chi connectivity index (χ1v) is 12.3. The van der Waals surface area contributed by atoms with Crippen molar-refractivity contribution in [3.05, 3.63) is 64.9 Å². The first-order chi connectivity index (χ1) is 17.0. The second kappa shape index (κ2) is 10.2. The number of hydrogen-bond acceptors (Lipinski definition) is 7. The minimum atomic E-state index is -1.42. The second-order valence-corrected chi connectivity index (χ2v) is 10.2. The fraction of sp³-hybridized carbons (Fsp3) is 0.308. The minimum Gasteiger partial charge on any atom is -0.386 e. The Bertz CT molecular complexity index is 1340. The number of nitrogens with zero attached hydrogens (tertiary/aromatic N) is 2. The number of carbonyl (C=O) groups is 2. The third kappa shape index (κ3) is 5.83. The van der Waals surface area contributed by atoms with Gasteiger partial charge < -0.3 is 16.2 Å². The Kier molecular flexibility index (Phi) is 7.28. The van der Waals surface area contributed by atoms with Gasteiger partial charge in [0.2, 0.25) is 0 Å². The maximum atomic E-state index is 14.9. The number of aromatic nitrogens is 1. The van der Waals surface area contributed by atoms with Crippen LogP contribution in [0.5, 0.6) is 0 Å². The average Bonchev–Trinajstić information content (AvgIpc) is 3.20. The molecule has 10 heteroatoms. The van der Waals surface area contributed by atoms with E-state index in [1.807, 2.05) is 0 Å². The molecule has 4 rings (SSSR count). The predicted molar refractivity (Wildman–Crippen MR) is 136 cm³/mol. The Morgan fingerprint density at radius 3 is 2.58 bits per heavy atom. The number of thiophene rings is 1. The van der Waals surface area contributed by atoms with Gasteiger partial charge in [0, 0.05) is 23.4 Å². The zero-order valence-corrected chi connectivity index (χ0v) is 20.7. The van der Waals surface area contributed by atoms with Gasteiger partial charge in [-0.3, -0.25) is 14.6 Å². The molecule has 2 heterocycles. The summed E-state index contributed by atoms with van der Waals surface area (Å²) in [6.45, 7) is 3.17. The number of anilines is 2. The number of aliphatic imine (C=N–C) groups is 1. The maximum absolute atomic E-state index is 14.9. The van der Waals surface area contributed by atoms with Crippen LogP contribution in [-0.2, 0) is 16.9 Å². The summed E-state index contributed by atoms with van der Waals surface area (Å²) in [7, 11) is 0. The number of Topliss-reactive ketones (excluding diaryl/α,β-unsaturated/α-hetero) is 1. The zero-order valence-electron chi connectivity index (χ0n) is 19.9. The number of primary amides is 1. The van der Waals surface area contributed by atoms with Gasteiger partial charge in [0.1, 0.15) is 28.2 Å². The molecular formula is C26H26F2N4O3S. The first kappa shape index (κ1) is 25.6. The number of benzene rings is 1. The number of nitrogens with two attached hydrogens (primary N) is 1. The quantitative estimate of drug-likeness (QED) is 0.400. The van der Waals surface area contributed by atoms with Gasteiger partial charge in [-0.15, -0.1) is 11.3 Å². The summed E-state index contributed by atoms with van der Waals surface area (Å²) >= 11 is 0.960. The SMILES string of the molecule is CC(C)(O)c1cc(F)c(-c2cc(C(N)=O)c(Nc3cccc(CN=C4CCCC(=O)C4)n3)s2)c(F)c1. The summed E-state index contributed by atoms with van der Waals surface area (Å²) in [4.78, 5) is 32.9. The molecule has 3 aromatic rings. The molecule has 1 aliphatic carbocycles. The van der Waals surface area contributed by atoms with E-state index >= 15 is 0 Å². The van der Waals surface area contributed by atoms with E-state index in [1.54, 1.807) is 18.2 Å². The molecule has 1 saturated carbocycles. The van der Waals surface area contributed by atoms with E-state index in [0.29, 0.717) is 30.9 Å². The normalized spacial score (nSPS) is 15.4. The number of nitrogens with one attached hydrogen (secondary N) is 1. The lowest BCUT2D eigenvalue weighted by Gasteiger charge is -2.18. The van der Waals surface area contributed by atoms with E-state index in [-0.39, 0.29) is 32.4 Å². The van der Waals surface area contributed by atoms with Crippen LogP contribution in [0.25, 0.3) is 10.4 Å². The van der Waals surface area contributed by atoms with E-state index in [1.165, 1.54) is 19.9 Å². The molecule has 0 saturated heterocycles. The van der Waals surface area contributed by atoms with Crippen molar-refractivity contribution < 1.29 is 23.5 Å². The smallest absolute Gasteiger partial charge is 0.251 e. The van der Waals surface area contributed by atoms with Gasteiger partial charge >= 0.3 is 0 Å². The summed E-state index contributed by atoms with van der Waals surface area (Å²) in [5, 5.41) is 13.4. The molecule has 0 aliphatic heterocycles. The van der Waals surface area contributed by atoms with Gasteiger partial charge in [-0.05, 0) is 62.6 Å². The lowest BCUT2D eigenvalue weighted by Crippen LogP contribution is -2.16. The number of amides is 1. The summed E-state index contributed by atoms with van der Waals surface area (Å²) in [5.41, 5.74) is 5.47. The van der Waals surface area contributed by atoms with Gasteiger partial charge in [0.25, 0.3) is 5.91 Å². The number of halogens is 2. The number of rotatable bonds is 7.